The van der Waals surface area contributed by atoms with Crippen molar-refractivity contribution in [1.29, 1.82) is 0 Å². The molecule has 2 aromatic rings. The number of nitrogen functional groups attached to an aromatic ring is 1. The molecule has 0 fully saturated rings. The van der Waals surface area contributed by atoms with E-state index in [1.165, 1.54) is 5.56 Å². The number of nitrogens with two attached hydrogens (primary N) is 1. The summed E-state index contributed by atoms with van der Waals surface area (Å²) in [5.74, 6) is 2.41. The summed E-state index contributed by atoms with van der Waals surface area (Å²) in [6, 6.07) is 10.4. The maximum absolute atomic E-state index is 6.47. The summed E-state index contributed by atoms with van der Waals surface area (Å²) in [4.78, 5) is 4.89. The molecule has 1 atom stereocenters. The Morgan fingerprint density at radius 2 is 1.62 bits per heavy atom. The van der Waals surface area contributed by atoms with Gasteiger partial charge in [0.05, 0.1) is 5.69 Å². The minimum Gasteiger partial charge on any atom is -0.384 e. The third-order valence-corrected chi connectivity index (χ3v) is 3.86. The molecule has 0 saturated heterocycles. The highest BCUT2D eigenvalue weighted by atomic mass is 15.2. The first kappa shape index (κ1) is 15.6. The molecular formula is C18H27N3. The summed E-state index contributed by atoms with van der Waals surface area (Å²) in [7, 11) is 0. The molecule has 0 radical (unpaired) electrons. The summed E-state index contributed by atoms with van der Waals surface area (Å²) >= 11 is 0. The molecule has 3 heteroatoms. The molecule has 3 nitrogen and oxygen atoms in total. The van der Waals surface area contributed by atoms with Crippen molar-refractivity contribution in [2.45, 2.75) is 58.9 Å². The van der Waals surface area contributed by atoms with Gasteiger partial charge >= 0.3 is 0 Å². The first-order valence-corrected chi connectivity index (χ1v) is 7.67. The number of rotatable bonds is 3. The highest BCUT2D eigenvalue weighted by molar-refractivity contribution is 5.46. The number of anilines is 1. The Balaban J connectivity index is 2.56. The molecule has 21 heavy (non-hydrogen) atoms. The van der Waals surface area contributed by atoms with E-state index in [1.54, 1.807) is 0 Å². The highest BCUT2D eigenvalue weighted by Crippen LogP contribution is 2.34. The van der Waals surface area contributed by atoms with E-state index in [9.17, 15) is 0 Å². The molecule has 0 amide bonds. The van der Waals surface area contributed by atoms with Crippen LogP contribution < -0.4 is 5.73 Å². The zero-order chi connectivity index (χ0) is 15.8. The Morgan fingerprint density at radius 3 is 2.05 bits per heavy atom. The van der Waals surface area contributed by atoms with Crippen LogP contribution in [0.25, 0.3) is 0 Å². The van der Waals surface area contributed by atoms with Crippen molar-refractivity contribution in [2.75, 3.05) is 5.73 Å². The minimum absolute atomic E-state index is 0.0641. The van der Waals surface area contributed by atoms with Crippen LogP contribution in [-0.4, -0.2) is 9.55 Å². The van der Waals surface area contributed by atoms with E-state index in [4.69, 9.17) is 10.7 Å². The fourth-order valence-corrected chi connectivity index (χ4v) is 2.78. The van der Waals surface area contributed by atoms with Crippen LogP contribution in [0.4, 0.5) is 5.82 Å². The van der Waals surface area contributed by atoms with Crippen LogP contribution in [0.15, 0.2) is 30.3 Å². The Morgan fingerprint density at radius 1 is 1.05 bits per heavy atom. The van der Waals surface area contributed by atoms with E-state index < -0.39 is 0 Å². The van der Waals surface area contributed by atoms with Crippen molar-refractivity contribution < 1.29 is 0 Å². The van der Waals surface area contributed by atoms with E-state index in [-0.39, 0.29) is 11.5 Å². The molecule has 2 N–H and O–H groups in total. The molecule has 114 valence electrons. The third-order valence-electron chi connectivity index (χ3n) is 3.86. The zero-order valence-electron chi connectivity index (χ0n) is 14.0. The predicted octanol–water partition coefficient (Wildman–Crippen LogP) is 4.50. The van der Waals surface area contributed by atoms with Crippen molar-refractivity contribution in [1.82, 2.24) is 9.55 Å². The Bertz CT molecular complexity index is 603. The Labute approximate surface area is 128 Å². The van der Waals surface area contributed by atoms with Crippen LogP contribution in [0.1, 0.15) is 70.5 Å². The maximum atomic E-state index is 6.47. The van der Waals surface area contributed by atoms with Crippen molar-refractivity contribution in [3.05, 3.63) is 47.4 Å². The number of imidazole rings is 1. The van der Waals surface area contributed by atoms with Gasteiger partial charge in [-0.1, -0.05) is 51.1 Å². The van der Waals surface area contributed by atoms with Gasteiger partial charge in [0.15, 0.2) is 0 Å². The quantitative estimate of drug-likeness (QED) is 0.902. The predicted molar refractivity (Wildman–Crippen MR) is 89.7 cm³/mol. The molecule has 0 aliphatic rings. The van der Waals surface area contributed by atoms with Crippen molar-refractivity contribution in [3.63, 3.8) is 0 Å². The fourth-order valence-electron chi connectivity index (χ4n) is 2.78. The van der Waals surface area contributed by atoms with Crippen molar-refractivity contribution in [2.24, 2.45) is 0 Å². The normalized spacial score (nSPS) is 13.7. The largest absolute Gasteiger partial charge is 0.384 e. The van der Waals surface area contributed by atoms with Gasteiger partial charge in [0, 0.05) is 17.4 Å². The average molecular weight is 285 g/mol. The van der Waals surface area contributed by atoms with Crippen molar-refractivity contribution >= 4 is 5.82 Å². The molecule has 1 aromatic heterocycles. The van der Waals surface area contributed by atoms with Crippen LogP contribution in [0.3, 0.4) is 0 Å². The van der Waals surface area contributed by atoms with Crippen LogP contribution in [-0.2, 0) is 5.54 Å². The monoisotopic (exact) mass is 285 g/mol. The van der Waals surface area contributed by atoms with E-state index in [0.29, 0.717) is 5.92 Å². The topological polar surface area (TPSA) is 43.8 Å². The first-order chi connectivity index (χ1) is 9.73. The first-order valence-electron chi connectivity index (χ1n) is 7.67. The molecule has 1 unspecified atom stereocenters. The lowest BCUT2D eigenvalue weighted by Crippen LogP contribution is -2.26. The van der Waals surface area contributed by atoms with E-state index in [0.717, 1.165) is 17.3 Å². The summed E-state index contributed by atoms with van der Waals surface area (Å²) < 4.78 is 2.19. The number of aromatic nitrogens is 2. The molecule has 0 bridgehead atoms. The second kappa shape index (κ2) is 5.55. The van der Waals surface area contributed by atoms with Crippen LogP contribution in [0.2, 0.25) is 0 Å². The van der Waals surface area contributed by atoms with Crippen molar-refractivity contribution in [3.8, 4) is 0 Å². The van der Waals surface area contributed by atoms with Gasteiger partial charge in [0.1, 0.15) is 11.6 Å². The molecule has 0 aliphatic carbocycles. The van der Waals surface area contributed by atoms with Gasteiger partial charge < -0.3 is 10.3 Å². The SMILES string of the molecule is CC(C)c1nc(C(C)c2ccccc2)c(N)n1C(C)(C)C. The lowest BCUT2D eigenvalue weighted by molar-refractivity contribution is 0.382. The van der Waals surface area contributed by atoms with Gasteiger partial charge in [-0.25, -0.2) is 4.98 Å². The fraction of sp³-hybridized carbons (Fsp3) is 0.500. The minimum atomic E-state index is -0.0641. The molecule has 1 heterocycles. The Kier molecular flexibility index (Phi) is 4.13. The molecule has 1 aromatic carbocycles. The highest BCUT2D eigenvalue weighted by Gasteiger charge is 2.27. The molecule has 0 spiro atoms. The number of benzene rings is 1. The second-order valence-electron chi connectivity index (χ2n) is 7.03. The molecule has 0 aliphatic heterocycles. The standard InChI is InChI=1S/C18H27N3/c1-12(2)17-20-15(16(19)21(17)18(4,5)6)13(3)14-10-8-7-9-11-14/h7-13H,19H2,1-6H3. The van der Waals surface area contributed by atoms with Crippen LogP contribution in [0, 0.1) is 0 Å². The second-order valence-corrected chi connectivity index (χ2v) is 7.03. The zero-order valence-corrected chi connectivity index (χ0v) is 14.0. The molecular weight excluding hydrogens is 258 g/mol. The van der Waals surface area contributed by atoms with Gasteiger partial charge in [0.25, 0.3) is 0 Å². The number of hydrogen-bond acceptors (Lipinski definition) is 2. The van der Waals surface area contributed by atoms with Crippen LogP contribution in [0.5, 0.6) is 0 Å². The number of nitrogens with zero attached hydrogens (tertiary/aromatic N) is 2. The summed E-state index contributed by atoms with van der Waals surface area (Å²) in [5.41, 5.74) is 8.64. The van der Waals surface area contributed by atoms with Gasteiger partial charge in [-0.3, -0.25) is 0 Å². The molecule has 0 saturated carbocycles. The number of hydrogen-bond donors (Lipinski definition) is 1. The van der Waals surface area contributed by atoms with Gasteiger partial charge in [-0.05, 0) is 26.3 Å². The lowest BCUT2D eigenvalue weighted by atomic mass is 9.97. The molecule has 2 rings (SSSR count). The average Bonchev–Trinajstić information content (AvgIpc) is 2.76. The summed E-state index contributed by atoms with van der Waals surface area (Å²) in [6.07, 6.45) is 0. The third kappa shape index (κ3) is 2.97. The smallest absolute Gasteiger partial charge is 0.127 e. The van der Waals surface area contributed by atoms with Gasteiger partial charge in [0.2, 0.25) is 0 Å². The van der Waals surface area contributed by atoms with Crippen LogP contribution >= 0.6 is 0 Å². The van der Waals surface area contributed by atoms with Gasteiger partial charge in [-0.15, -0.1) is 0 Å². The summed E-state index contributed by atoms with van der Waals surface area (Å²) in [5, 5.41) is 0. The lowest BCUT2D eigenvalue weighted by Gasteiger charge is -2.26. The van der Waals surface area contributed by atoms with E-state index in [1.807, 2.05) is 6.07 Å². The summed E-state index contributed by atoms with van der Waals surface area (Å²) in [6.45, 7) is 13.0. The Hall–Kier alpha value is -1.77. The van der Waals surface area contributed by atoms with E-state index in [2.05, 4.69) is 70.4 Å². The van der Waals surface area contributed by atoms with E-state index >= 15 is 0 Å². The maximum Gasteiger partial charge on any atom is 0.127 e. The van der Waals surface area contributed by atoms with Gasteiger partial charge in [-0.2, -0.15) is 0 Å².